The molecule has 6 nitrogen and oxygen atoms in total. The van der Waals surface area contributed by atoms with Gasteiger partial charge in [-0.3, -0.25) is 9.69 Å². The van der Waals surface area contributed by atoms with Crippen LogP contribution in [0.3, 0.4) is 0 Å². The summed E-state index contributed by atoms with van der Waals surface area (Å²) in [5, 5.41) is 0.626. The zero-order chi connectivity index (χ0) is 23.7. The number of ether oxygens (including phenoxy) is 3. The molecule has 1 amide bonds. The van der Waals surface area contributed by atoms with Crippen LogP contribution in [0.15, 0.2) is 84.1 Å². The molecule has 0 saturated carbocycles. The third-order valence-electron chi connectivity index (χ3n) is 6.06. The summed E-state index contributed by atoms with van der Waals surface area (Å²) >= 11 is 6.23. The average Bonchev–Trinajstić information content (AvgIpc) is 3.24. The van der Waals surface area contributed by atoms with Gasteiger partial charge in [-0.15, -0.1) is 0 Å². The van der Waals surface area contributed by atoms with E-state index in [0.717, 1.165) is 16.8 Å². The Morgan fingerprint density at radius 2 is 1.76 bits per heavy atom. The van der Waals surface area contributed by atoms with Crippen molar-refractivity contribution in [3.63, 3.8) is 0 Å². The molecule has 0 bridgehead atoms. The summed E-state index contributed by atoms with van der Waals surface area (Å²) < 4.78 is 16.9. The summed E-state index contributed by atoms with van der Waals surface area (Å²) in [7, 11) is 1.55. The lowest BCUT2D eigenvalue weighted by Crippen LogP contribution is -2.37. The minimum absolute atomic E-state index is 0.0709. The van der Waals surface area contributed by atoms with Gasteiger partial charge in [0.05, 0.1) is 18.4 Å². The second kappa shape index (κ2) is 9.23. The smallest absolute Gasteiger partial charge is 0.336 e. The first-order chi connectivity index (χ1) is 16.6. The van der Waals surface area contributed by atoms with Crippen molar-refractivity contribution in [2.45, 2.75) is 18.9 Å². The molecular formula is C27H22ClNO5. The van der Waals surface area contributed by atoms with Gasteiger partial charge in [-0.2, -0.15) is 0 Å². The molecule has 1 unspecified atom stereocenters. The third-order valence-corrected chi connectivity index (χ3v) is 6.43. The van der Waals surface area contributed by atoms with Crippen LogP contribution in [0.5, 0.6) is 11.5 Å². The summed E-state index contributed by atoms with van der Waals surface area (Å²) in [6.45, 7) is 0.354. The lowest BCUT2D eigenvalue weighted by Gasteiger charge is -2.32. The number of anilines is 1. The molecule has 5 rings (SSSR count). The predicted octanol–water partition coefficient (Wildman–Crippen LogP) is 5.26. The van der Waals surface area contributed by atoms with E-state index in [-0.39, 0.29) is 25.5 Å². The van der Waals surface area contributed by atoms with E-state index in [9.17, 15) is 9.59 Å². The highest BCUT2D eigenvalue weighted by Crippen LogP contribution is 2.43. The van der Waals surface area contributed by atoms with Crippen LogP contribution < -0.4 is 14.4 Å². The number of carbonyl (C=O) groups excluding carboxylic acids is 2. The number of methoxy groups -OCH3 is 1. The number of halogens is 1. The van der Waals surface area contributed by atoms with Gasteiger partial charge in [0.2, 0.25) is 5.91 Å². The number of rotatable bonds is 6. The number of amides is 1. The van der Waals surface area contributed by atoms with Crippen molar-refractivity contribution in [1.29, 1.82) is 0 Å². The third kappa shape index (κ3) is 4.01. The van der Waals surface area contributed by atoms with Crippen LogP contribution >= 0.6 is 11.6 Å². The van der Waals surface area contributed by atoms with E-state index in [2.05, 4.69) is 0 Å². The van der Waals surface area contributed by atoms with Crippen LogP contribution in [0, 0.1) is 0 Å². The monoisotopic (exact) mass is 475 g/mol. The van der Waals surface area contributed by atoms with E-state index in [1.807, 2.05) is 66.7 Å². The molecule has 0 N–H and O–H groups in total. The van der Waals surface area contributed by atoms with Crippen molar-refractivity contribution in [2.24, 2.45) is 0 Å². The molecule has 2 aliphatic heterocycles. The normalized spacial score (nSPS) is 17.5. The molecule has 34 heavy (non-hydrogen) atoms. The topological polar surface area (TPSA) is 65.1 Å². The Labute approximate surface area is 202 Å². The number of para-hydroxylation sites is 1. The number of nitrogens with zero attached hydrogens (tertiary/aromatic N) is 1. The second-order valence-electron chi connectivity index (χ2n) is 8.05. The summed E-state index contributed by atoms with van der Waals surface area (Å²) in [4.78, 5) is 27.5. The Bertz CT molecular complexity index is 1290. The molecule has 1 atom stereocenters. The largest absolute Gasteiger partial charge is 0.493 e. The van der Waals surface area contributed by atoms with Gasteiger partial charge in [0.25, 0.3) is 0 Å². The van der Waals surface area contributed by atoms with E-state index < -0.39 is 11.9 Å². The van der Waals surface area contributed by atoms with Crippen molar-refractivity contribution in [3.05, 3.63) is 100 Å². The highest BCUT2D eigenvalue weighted by atomic mass is 35.5. The fraction of sp³-hybridized carbons (Fsp3) is 0.185. The molecule has 0 spiro atoms. The Kier molecular flexibility index (Phi) is 5.99. The van der Waals surface area contributed by atoms with Crippen LogP contribution in [0.1, 0.15) is 23.5 Å². The Hall–Kier alpha value is -3.77. The van der Waals surface area contributed by atoms with Gasteiger partial charge >= 0.3 is 5.97 Å². The van der Waals surface area contributed by atoms with E-state index >= 15 is 0 Å². The highest BCUT2D eigenvalue weighted by Gasteiger charge is 2.43. The van der Waals surface area contributed by atoms with E-state index in [1.165, 1.54) is 0 Å². The van der Waals surface area contributed by atoms with Gasteiger partial charge in [0, 0.05) is 28.6 Å². The number of benzene rings is 3. The first-order valence-corrected chi connectivity index (χ1v) is 11.3. The molecule has 2 heterocycles. The van der Waals surface area contributed by atoms with E-state index in [1.54, 1.807) is 18.1 Å². The Balaban J connectivity index is 1.46. The fourth-order valence-corrected chi connectivity index (χ4v) is 4.60. The van der Waals surface area contributed by atoms with E-state index in [0.29, 0.717) is 27.8 Å². The Morgan fingerprint density at radius 3 is 2.53 bits per heavy atom. The number of esters is 1. The molecule has 172 valence electrons. The van der Waals surface area contributed by atoms with Crippen LogP contribution in [0.4, 0.5) is 5.69 Å². The first-order valence-electron chi connectivity index (χ1n) is 10.9. The number of hydrogen-bond donors (Lipinski definition) is 0. The lowest BCUT2D eigenvalue weighted by molar-refractivity contribution is -0.136. The van der Waals surface area contributed by atoms with Crippen molar-refractivity contribution in [1.82, 2.24) is 0 Å². The standard InChI is InChI=1S/C27H22ClNO5/c1-32-24-13-17(11-12-23(24)33-15-18-7-5-6-10-21(18)28)20-14-25(30)29(19-8-3-2-4-9-19)22-16-34-27(31)26(20)22/h2-13,20H,14-16H2,1H3. The molecule has 3 aromatic rings. The zero-order valence-electron chi connectivity index (χ0n) is 18.5. The van der Waals surface area contributed by atoms with Crippen molar-refractivity contribution < 1.29 is 23.8 Å². The van der Waals surface area contributed by atoms with E-state index in [4.69, 9.17) is 25.8 Å². The molecule has 0 aliphatic carbocycles. The Morgan fingerprint density at radius 1 is 1.00 bits per heavy atom. The molecule has 0 aromatic heterocycles. The van der Waals surface area contributed by atoms with Crippen molar-refractivity contribution >= 4 is 29.2 Å². The van der Waals surface area contributed by atoms with Crippen LogP contribution in [-0.4, -0.2) is 25.6 Å². The molecule has 3 aromatic carbocycles. The van der Waals surface area contributed by atoms with Gasteiger partial charge in [-0.25, -0.2) is 4.79 Å². The van der Waals surface area contributed by atoms with Gasteiger partial charge < -0.3 is 14.2 Å². The predicted molar refractivity (Wildman–Crippen MR) is 128 cm³/mol. The summed E-state index contributed by atoms with van der Waals surface area (Å²) in [5.74, 6) is 0.139. The van der Waals surface area contributed by atoms with Gasteiger partial charge in [-0.05, 0) is 35.9 Å². The maximum absolute atomic E-state index is 13.2. The van der Waals surface area contributed by atoms with Gasteiger partial charge in [-0.1, -0.05) is 54.1 Å². The molecule has 2 aliphatic rings. The van der Waals surface area contributed by atoms with Crippen LogP contribution in [0.2, 0.25) is 5.02 Å². The molecule has 0 radical (unpaired) electrons. The number of hydrogen-bond acceptors (Lipinski definition) is 5. The first kappa shape index (κ1) is 22.0. The maximum Gasteiger partial charge on any atom is 0.336 e. The summed E-state index contributed by atoms with van der Waals surface area (Å²) in [5.41, 5.74) is 3.47. The average molecular weight is 476 g/mol. The number of carbonyl (C=O) groups is 2. The van der Waals surface area contributed by atoms with Crippen LogP contribution in [-0.2, 0) is 20.9 Å². The molecule has 7 heteroatoms. The fourth-order valence-electron chi connectivity index (χ4n) is 4.41. The summed E-state index contributed by atoms with van der Waals surface area (Å²) in [6, 6.07) is 22.2. The second-order valence-corrected chi connectivity index (χ2v) is 8.46. The van der Waals surface area contributed by atoms with Crippen molar-refractivity contribution in [2.75, 3.05) is 18.6 Å². The van der Waals surface area contributed by atoms with Gasteiger partial charge in [0.15, 0.2) is 11.5 Å². The highest BCUT2D eigenvalue weighted by molar-refractivity contribution is 6.31. The molecule has 0 saturated heterocycles. The minimum Gasteiger partial charge on any atom is -0.493 e. The molecular weight excluding hydrogens is 454 g/mol. The minimum atomic E-state index is -0.427. The van der Waals surface area contributed by atoms with Crippen LogP contribution in [0.25, 0.3) is 0 Å². The maximum atomic E-state index is 13.2. The molecule has 0 fully saturated rings. The summed E-state index contributed by atoms with van der Waals surface area (Å²) in [6.07, 6.45) is 0.145. The van der Waals surface area contributed by atoms with Crippen molar-refractivity contribution in [3.8, 4) is 11.5 Å². The number of cyclic esters (lactones) is 1. The zero-order valence-corrected chi connectivity index (χ0v) is 19.2. The SMILES string of the molecule is COc1cc(C2CC(=O)N(c3ccccc3)C3=C2C(=O)OC3)ccc1OCc1ccccc1Cl. The quantitative estimate of drug-likeness (QED) is 0.455. The lowest BCUT2D eigenvalue weighted by atomic mass is 9.84. The van der Waals surface area contributed by atoms with Gasteiger partial charge in [0.1, 0.15) is 13.2 Å².